The number of alkyl halides is 3. The van der Waals surface area contributed by atoms with Gasteiger partial charge in [-0.3, -0.25) is 0 Å². The SMILES string of the molecule is CCNc1c(Br)cccc1C(F)(F)F. The molecule has 0 radical (unpaired) electrons. The van der Waals surface area contributed by atoms with Crippen molar-refractivity contribution in [2.75, 3.05) is 11.9 Å². The predicted octanol–water partition coefficient (Wildman–Crippen LogP) is 3.90. The van der Waals surface area contributed by atoms with Crippen LogP contribution in [0.1, 0.15) is 12.5 Å². The molecule has 0 unspecified atom stereocenters. The standard InChI is InChI=1S/C9H9BrF3N/c1-2-14-8-6(9(11,12)13)4-3-5-7(8)10/h3-5,14H,2H2,1H3. The van der Waals surface area contributed by atoms with E-state index in [2.05, 4.69) is 21.2 Å². The van der Waals surface area contributed by atoms with E-state index < -0.39 is 11.7 Å². The first kappa shape index (κ1) is 11.4. The highest BCUT2D eigenvalue weighted by molar-refractivity contribution is 9.10. The zero-order valence-corrected chi connectivity index (χ0v) is 9.04. The molecular formula is C9H9BrF3N. The lowest BCUT2D eigenvalue weighted by molar-refractivity contribution is -0.137. The van der Waals surface area contributed by atoms with E-state index in [1.54, 1.807) is 13.0 Å². The summed E-state index contributed by atoms with van der Waals surface area (Å²) in [7, 11) is 0. The first-order valence-electron chi connectivity index (χ1n) is 4.06. The van der Waals surface area contributed by atoms with Gasteiger partial charge in [0.15, 0.2) is 0 Å². The van der Waals surface area contributed by atoms with Gasteiger partial charge in [-0.05, 0) is 35.0 Å². The second kappa shape index (κ2) is 4.21. The molecule has 0 aromatic heterocycles. The summed E-state index contributed by atoms with van der Waals surface area (Å²) in [5, 5.41) is 2.68. The van der Waals surface area contributed by atoms with Crippen LogP contribution in [0.4, 0.5) is 18.9 Å². The number of anilines is 1. The summed E-state index contributed by atoms with van der Waals surface area (Å²) >= 11 is 3.08. The average molecular weight is 268 g/mol. The van der Waals surface area contributed by atoms with Gasteiger partial charge >= 0.3 is 6.18 Å². The Kier molecular flexibility index (Phi) is 3.42. The molecule has 0 saturated carbocycles. The zero-order valence-electron chi connectivity index (χ0n) is 7.45. The largest absolute Gasteiger partial charge is 0.418 e. The van der Waals surface area contributed by atoms with Crippen LogP contribution in [0.15, 0.2) is 22.7 Å². The number of para-hydroxylation sites is 1. The van der Waals surface area contributed by atoms with Crippen LogP contribution in [0.25, 0.3) is 0 Å². The Hall–Kier alpha value is -0.710. The van der Waals surface area contributed by atoms with Crippen molar-refractivity contribution in [2.45, 2.75) is 13.1 Å². The molecule has 0 atom stereocenters. The van der Waals surface area contributed by atoms with Crippen molar-refractivity contribution in [3.8, 4) is 0 Å². The molecule has 0 amide bonds. The number of rotatable bonds is 2. The van der Waals surface area contributed by atoms with E-state index in [0.29, 0.717) is 11.0 Å². The van der Waals surface area contributed by atoms with Crippen molar-refractivity contribution in [1.29, 1.82) is 0 Å². The molecule has 1 aromatic rings. The van der Waals surface area contributed by atoms with Crippen molar-refractivity contribution in [1.82, 2.24) is 0 Å². The Morgan fingerprint density at radius 1 is 1.36 bits per heavy atom. The van der Waals surface area contributed by atoms with Crippen LogP contribution in [-0.2, 0) is 6.18 Å². The van der Waals surface area contributed by atoms with Gasteiger partial charge < -0.3 is 5.32 Å². The van der Waals surface area contributed by atoms with Gasteiger partial charge in [0.1, 0.15) is 0 Å². The highest BCUT2D eigenvalue weighted by Crippen LogP contribution is 2.38. The van der Waals surface area contributed by atoms with Gasteiger partial charge in [-0.1, -0.05) is 6.07 Å². The van der Waals surface area contributed by atoms with E-state index in [4.69, 9.17) is 0 Å². The Bertz CT molecular complexity index is 322. The quantitative estimate of drug-likeness (QED) is 0.857. The Labute approximate surface area is 88.4 Å². The van der Waals surface area contributed by atoms with Crippen molar-refractivity contribution in [2.24, 2.45) is 0 Å². The van der Waals surface area contributed by atoms with Crippen LogP contribution >= 0.6 is 15.9 Å². The molecular weight excluding hydrogens is 259 g/mol. The molecule has 0 spiro atoms. The summed E-state index contributed by atoms with van der Waals surface area (Å²) in [5.41, 5.74) is -0.545. The zero-order chi connectivity index (χ0) is 10.8. The van der Waals surface area contributed by atoms with Gasteiger partial charge in [0.25, 0.3) is 0 Å². The molecule has 0 bridgehead atoms. The van der Waals surface area contributed by atoms with Gasteiger partial charge in [-0.15, -0.1) is 0 Å². The van der Waals surface area contributed by atoms with Crippen molar-refractivity contribution < 1.29 is 13.2 Å². The molecule has 0 heterocycles. The normalized spacial score (nSPS) is 11.5. The van der Waals surface area contributed by atoms with E-state index in [0.717, 1.165) is 6.07 Å². The van der Waals surface area contributed by atoms with E-state index in [9.17, 15) is 13.2 Å². The molecule has 0 saturated heterocycles. The number of halogens is 4. The van der Waals surface area contributed by atoms with Crippen molar-refractivity contribution >= 4 is 21.6 Å². The van der Waals surface area contributed by atoms with E-state index in [-0.39, 0.29) is 5.69 Å². The minimum absolute atomic E-state index is 0.0995. The summed E-state index contributed by atoms with van der Waals surface area (Å²) in [6.07, 6.45) is -4.32. The lowest BCUT2D eigenvalue weighted by atomic mass is 10.1. The minimum Gasteiger partial charge on any atom is -0.384 e. The second-order valence-corrected chi connectivity index (χ2v) is 3.54. The number of hydrogen-bond donors (Lipinski definition) is 1. The topological polar surface area (TPSA) is 12.0 Å². The van der Waals surface area contributed by atoms with Crippen LogP contribution in [0.5, 0.6) is 0 Å². The number of benzene rings is 1. The average Bonchev–Trinajstić information content (AvgIpc) is 2.07. The molecule has 0 fully saturated rings. The van der Waals surface area contributed by atoms with Crippen LogP contribution < -0.4 is 5.32 Å². The van der Waals surface area contributed by atoms with Gasteiger partial charge in [-0.2, -0.15) is 13.2 Å². The summed E-state index contributed by atoms with van der Waals surface area (Å²) in [5.74, 6) is 0. The van der Waals surface area contributed by atoms with Crippen LogP contribution in [0, 0.1) is 0 Å². The summed E-state index contributed by atoms with van der Waals surface area (Å²) in [4.78, 5) is 0. The Balaban J connectivity index is 3.21. The van der Waals surface area contributed by atoms with Crippen LogP contribution in [0.2, 0.25) is 0 Å². The Morgan fingerprint density at radius 3 is 2.50 bits per heavy atom. The minimum atomic E-state index is -4.32. The van der Waals surface area contributed by atoms with E-state index in [1.807, 2.05) is 0 Å². The molecule has 1 nitrogen and oxygen atoms in total. The van der Waals surface area contributed by atoms with E-state index >= 15 is 0 Å². The number of hydrogen-bond acceptors (Lipinski definition) is 1. The van der Waals surface area contributed by atoms with Crippen molar-refractivity contribution in [3.63, 3.8) is 0 Å². The summed E-state index contributed by atoms with van der Waals surface area (Å²) in [6.45, 7) is 2.20. The van der Waals surface area contributed by atoms with Gasteiger partial charge in [0.05, 0.1) is 11.3 Å². The lowest BCUT2D eigenvalue weighted by Crippen LogP contribution is -2.10. The first-order valence-corrected chi connectivity index (χ1v) is 4.85. The molecule has 0 aliphatic carbocycles. The maximum Gasteiger partial charge on any atom is 0.418 e. The fourth-order valence-corrected chi connectivity index (χ4v) is 1.62. The lowest BCUT2D eigenvalue weighted by Gasteiger charge is -2.14. The monoisotopic (exact) mass is 267 g/mol. The predicted molar refractivity (Wildman–Crippen MR) is 53.3 cm³/mol. The molecule has 1 aromatic carbocycles. The molecule has 78 valence electrons. The van der Waals surface area contributed by atoms with Gasteiger partial charge in [0, 0.05) is 11.0 Å². The van der Waals surface area contributed by atoms with Gasteiger partial charge in [-0.25, -0.2) is 0 Å². The maximum absolute atomic E-state index is 12.5. The maximum atomic E-state index is 12.5. The Morgan fingerprint density at radius 2 is 2.00 bits per heavy atom. The molecule has 5 heteroatoms. The van der Waals surface area contributed by atoms with Crippen LogP contribution in [0.3, 0.4) is 0 Å². The van der Waals surface area contributed by atoms with E-state index in [1.165, 1.54) is 6.07 Å². The third-order valence-electron chi connectivity index (χ3n) is 1.67. The smallest absolute Gasteiger partial charge is 0.384 e. The number of nitrogens with one attached hydrogen (secondary N) is 1. The summed E-state index contributed by atoms with van der Waals surface area (Å²) < 4.78 is 37.9. The highest BCUT2D eigenvalue weighted by atomic mass is 79.9. The third kappa shape index (κ3) is 2.41. The van der Waals surface area contributed by atoms with Crippen molar-refractivity contribution in [3.05, 3.63) is 28.2 Å². The van der Waals surface area contributed by atoms with Gasteiger partial charge in [0.2, 0.25) is 0 Å². The molecule has 0 aliphatic heterocycles. The molecule has 14 heavy (non-hydrogen) atoms. The molecule has 0 aliphatic rings. The van der Waals surface area contributed by atoms with Crippen LogP contribution in [-0.4, -0.2) is 6.54 Å². The fourth-order valence-electron chi connectivity index (χ4n) is 1.12. The second-order valence-electron chi connectivity index (χ2n) is 2.69. The summed E-state index contributed by atoms with van der Waals surface area (Å²) in [6, 6.07) is 4.00. The third-order valence-corrected chi connectivity index (χ3v) is 2.33. The molecule has 1 rings (SSSR count). The highest BCUT2D eigenvalue weighted by Gasteiger charge is 2.33. The first-order chi connectivity index (χ1) is 6.46. The fraction of sp³-hybridized carbons (Fsp3) is 0.333. The molecule has 1 N–H and O–H groups in total.